The summed E-state index contributed by atoms with van der Waals surface area (Å²) >= 11 is 0. The fourth-order valence-corrected chi connectivity index (χ4v) is 2.10. The molecule has 21 heavy (non-hydrogen) atoms. The molecule has 3 rings (SSSR count). The molecule has 5 nitrogen and oxygen atoms in total. The van der Waals surface area contributed by atoms with E-state index in [1.54, 1.807) is 29.5 Å². The Balaban J connectivity index is 1.76. The van der Waals surface area contributed by atoms with Gasteiger partial charge in [-0.1, -0.05) is 12.1 Å². The lowest BCUT2D eigenvalue weighted by atomic mass is 10.1. The Labute approximate surface area is 122 Å². The van der Waals surface area contributed by atoms with Gasteiger partial charge < -0.3 is 4.57 Å². The maximum Gasteiger partial charge on any atom is 0.185 e. The minimum atomic E-state index is 0.0300. The molecule has 0 bridgehead atoms. The molecule has 3 aromatic rings. The Morgan fingerprint density at radius 3 is 2.57 bits per heavy atom. The molecule has 0 unspecified atom stereocenters. The zero-order valence-electron chi connectivity index (χ0n) is 11.6. The molecular formula is C16H14N4O. The van der Waals surface area contributed by atoms with E-state index in [2.05, 4.69) is 15.0 Å². The van der Waals surface area contributed by atoms with Crippen LogP contribution in [0.4, 0.5) is 0 Å². The minimum absolute atomic E-state index is 0.0300. The number of carbonyl (C=O) groups is 1. The van der Waals surface area contributed by atoms with Crippen LogP contribution in [0.25, 0.3) is 11.4 Å². The molecule has 0 radical (unpaired) electrons. The number of aryl methyl sites for hydroxylation is 1. The lowest BCUT2D eigenvalue weighted by Gasteiger charge is -2.03. The van der Waals surface area contributed by atoms with Crippen LogP contribution in [-0.2, 0) is 13.5 Å². The summed E-state index contributed by atoms with van der Waals surface area (Å²) < 4.78 is 1.72. The van der Waals surface area contributed by atoms with E-state index in [-0.39, 0.29) is 5.78 Å². The molecule has 0 aliphatic heterocycles. The predicted molar refractivity (Wildman–Crippen MR) is 78.7 cm³/mol. The van der Waals surface area contributed by atoms with E-state index in [1.807, 2.05) is 37.4 Å². The van der Waals surface area contributed by atoms with E-state index in [0.29, 0.717) is 12.1 Å². The maximum absolute atomic E-state index is 12.1. The number of imidazole rings is 1. The maximum atomic E-state index is 12.1. The predicted octanol–water partition coefficient (Wildman–Crippen LogP) is 2.30. The van der Waals surface area contributed by atoms with Crippen LogP contribution in [0.3, 0.4) is 0 Å². The van der Waals surface area contributed by atoms with Gasteiger partial charge >= 0.3 is 0 Å². The van der Waals surface area contributed by atoms with Gasteiger partial charge in [0.15, 0.2) is 5.78 Å². The third-order valence-electron chi connectivity index (χ3n) is 3.22. The van der Waals surface area contributed by atoms with Gasteiger partial charge in [0, 0.05) is 25.9 Å². The highest BCUT2D eigenvalue weighted by Crippen LogP contribution is 2.14. The summed E-state index contributed by atoms with van der Waals surface area (Å²) in [5.41, 5.74) is 3.10. The number of nitrogens with zero attached hydrogens (tertiary/aromatic N) is 4. The van der Waals surface area contributed by atoms with Gasteiger partial charge in [-0.3, -0.25) is 14.8 Å². The molecule has 0 spiro atoms. The normalized spacial score (nSPS) is 10.5. The second-order valence-electron chi connectivity index (χ2n) is 4.76. The number of carbonyl (C=O) groups excluding carboxylic acids is 1. The molecule has 0 atom stereocenters. The molecule has 0 fully saturated rings. The zero-order valence-corrected chi connectivity index (χ0v) is 11.6. The molecular weight excluding hydrogens is 264 g/mol. The largest absolute Gasteiger partial charge is 0.331 e. The second kappa shape index (κ2) is 5.66. The minimum Gasteiger partial charge on any atom is -0.331 e. The number of hydrogen-bond acceptors (Lipinski definition) is 4. The lowest BCUT2D eigenvalue weighted by Crippen LogP contribution is -2.08. The van der Waals surface area contributed by atoms with Crippen LogP contribution in [0.2, 0.25) is 0 Å². The van der Waals surface area contributed by atoms with Crippen molar-refractivity contribution in [2.75, 3.05) is 0 Å². The Hall–Kier alpha value is -2.82. The van der Waals surface area contributed by atoms with E-state index >= 15 is 0 Å². The molecule has 3 heterocycles. The van der Waals surface area contributed by atoms with Gasteiger partial charge in [-0.2, -0.15) is 0 Å². The number of Topliss-reactive ketones (excluding diaryl/α,β-unsaturated/α-hetero) is 1. The number of hydrogen-bond donors (Lipinski definition) is 0. The number of rotatable bonds is 4. The van der Waals surface area contributed by atoms with Crippen molar-refractivity contribution in [2.45, 2.75) is 6.42 Å². The molecule has 0 saturated heterocycles. The molecule has 5 heteroatoms. The van der Waals surface area contributed by atoms with E-state index in [4.69, 9.17) is 0 Å². The Kier molecular flexibility index (Phi) is 3.55. The van der Waals surface area contributed by atoms with Gasteiger partial charge in [0.2, 0.25) is 0 Å². The summed E-state index contributed by atoms with van der Waals surface area (Å²) in [4.78, 5) is 24.7. The lowest BCUT2D eigenvalue weighted by molar-refractivity contribution is 0.0985. The molecule has 3 aromatic heterocycles. The Morgan fingerprint density at radius 2 is 1.95 bits per heavy atom. The van der Waals surface area contributed by atoms with Crippen molar-refractivity contribution in [1.29, 1.82) is 0 Å². The van der Waals surface area contributed by atoms with E-state index in [1.165, 1.54) is 0 Å². The quantitative estimate of drug-likeness (QED) is 0.687. The van der Waals surface area contributed by atoms with Crippen LogP contribution in [0.15, 0.2) is 55.2 Å². The van der Waals surface area contributed by atoms with Crippen molar-refractivity contribution >= 4 is 5.78 Å². The Bertz CT molecular complexity index is 747. The summed E-state index contributed by atoms with van der Waals surface area (Å²) in [5.74, 6) is 0.0300. The SMILES string of the molecule is Cn1cncc1C(=O)Cc1ccc(-c2ccccn2)nc1. The van der Waals surface area contributed by atoms with Crippen molar-refractivity contribution in [3.8, 4) is 11.4 Å². The highest BCUT2D eigenvalue weighted by atomic mass is 16.1. The zero-order chi connectivity index (χ0) is 14.7. The van der Waals surface area contributed by atoms with Crippen LogP contribution >= 0.6 is 0 Å². The van der Waals surface area contributed by atoms with Gasteiger partial charge in [0.05, 0.1) is 23.9 Å². The van der Waals surface area contributed by atoms with Crippen LogP contribution in [0, 0.1) is 0 Å². The topological polar surface area (TPSA) is 60.7 Å². The third-order valence-corrected chi connectivity index (χ3v) is 3.22. The standard InChI is InChI=1S/C16H14N4O/c1-20-11-17-10-15(20)16(21)8-12-5-6-14(19-9-12)13-4-2-3-7-18-13/h2-7,9-11H,8H2,1H3. The molecule has 0 aliphatic rings. The van der Waals surface area contributed by atoms with Gasteiger partial charge in [0.1, 0.15) is 5.69 Å². The van der Waals surface area contributed by atoms with Gasteiger partial charge in [-0.25, -0.2) is 4.98 Å². The van der Waals surface area contributed by atoms with Crippen molar-refractivity contribution < 1.29 is 4.79 Å². The number of pyridine rings is 2. The van der Waals surface area contributed by atoms with Gasteiger partial charge in [-0.15, -0.1) is 0 Å². The molecule has 104 valence electrons. The summed E-state index contributed by atoms with van der Waals surface area (Å²) in [7, 11) is 1.81. The van der Waals surface area contributed by atoms with Crippen LogP contribution in [0.1, 0.15) is 16.1 Å². The first-order chi connectivity index (χ1) is 10.2. The van der Waals surface area contributed by atoms with Crippen molar-refractivity contribution in [3.63, 3.8) is 0 Å². The number of ketones is 1. The molecule has 0 N–H and O–H groups in total. The first kappa shape index (κ1) is 13.2. The second-order valence-corrected chi connectivity index (χ2v) is 4.76. The molecule has 0 aromatic carbocycles. The van der Waals surface area contributed by atoms with E-state index < -0.39 is 0 Å². The van der Waals surface area contributed by atoms with E-state index in [9.17, 15) is 4.79 Å². The van der Waals surface area contributed by atoms with E-state index in [0.717, 1.165) is 17.0 Å². The van der Waals surface area contributed by atoms with Crippen molar-refractivity contribution in [3.05, 3.63) is 66.5 Å². The van der Waals surface area contributed by atoms with Crippen LogP contribution < -0.4 is 0 Å². The monoisotopic (exact) mass is 278 g/mol. The van der Waals surface area contributed by atoms with Crippen LogP contribution in [-0.4, -0.2) is 25.3 Å². The van der Waals surface area contributed by atoms with Crippen molar-refractivity contribution in [1.82, 2.24) is 19.5 Å². The Morgan fingerprint density at radius 1 is 1.10 bits per heavy atom. The fourth-order valence-electron chi connectivity index (χ4n) is 2.10. The summed E-state index contributed by atoms with van der Waals surface area (Å²) in [6, 6.07) is 9.48. The average Bonchev–Trinajstić information content (AvgIpc) is 2.95. The molecule has 0 amide bonds. The highest BCUT2D eigenvalue weighted by Gasteiger charge is 2.11. The molecule has 0 aliphatic carbocycles. The van der Waals surface area contributed by atoms with Crippen LogP contribution in [0.5, 0.6) is 0 Å². The highest BCUT2D eigenvalue weighted by molar-refractivity contribution is 5.95. The smallest absolute Gasteiger partial charge is 0.185 e. The summed E-state index contributed by atoms with van der Waals surface area (Å²) in [5, 5.41) is 0. The average molecular weight is 278 g/mol. The first-order valence-corrected chi connectivity index (χ1v) is 6.60. The summed E-state index contributed by atoms with van der Waals surface area (Å²) in [6.07, 6.45) is 6.97. The van der Waals surface area contributed by atoms with Crippen molar-refractivity contribution in [2.24, 2.45) is 7.05 Å². The van der Waals surface area contributed by atoms with Gasteiger partial charge in [0.25, 0.3) is 0 Å². The first-order valence-electron chi connectivity index (χ1n) is 6.60. The molecule has 0 saturated carbocycles. The van der Waals surface area contributed by atoms with Gasteiger partial charge in [-0.05, 0) is 23.8 Å². The fraction of sp³-hybridized carbons (Fsp3) is 0.125. The summed E-state index contributed by atoms with van der Waals surface area (Å²) in [6.45, 7) is 0. The number of aromatic nitrogens is 4. The third kappa shape index (κ3) is 2.86.